The summed E-state index contributed by atoms with van der Waals surface area (Å²) in [5.41, 5.74) is 8.24. The molecule has 0 aliphatic rings. The number of nitrogens with two attached hydrogens (primary N) is 1. The van der Waals surface area contributed by atoms with Crippen LogP contribution in [0, 0.1) is 11.3 Å². The molecule has 0 aliphatic heterocycles. The number of carbonyl (C=O) groups is 2. The van der Waals surface area contributed by atoms with Crippen molar-refractivity contribution in [3.63, 3.8) is 0 Å². The molecule has 0 radical (unpaired) electrons. The maximum atomic E-state index is 12.2. The smallest absolute Gasteiger partial charge is 0.338 e. The third kappa shape index (κ3) is 4.54. The first-order valence-electron chi connectivity index (χ1n) is 8.51. The van der Waals surface area contributed by atoms with Gasteiger partial charge < -0.3 is 20.5 Å². The van der Waals surface area contributed by atoms with E-state index < -0.39 is 18.5 Å². The summed E-state index contributed by atoms with van der Waals surface area (Å²) in [6, 6.07) is 16.0. The van der Waals surface area contributed by atoms with E-state index in [1.54, 1.807) is 11.4 Å². The van der Waals surface area contributed by atoms with Crippen LogP contribution in [0.5, 0.6) is 5.75 Å². The quantitative estimate of drug-likeness (QED) is 0.476. The number of nitriles is 1. The molecule has 29 heavy (non-hydrogen) atoms. The highest BCUT2D eigenvalue weighted by atomic mass is 32.1. The zero-order chi connectivity index (χ0) is 20.8. The summed E-state index contributed by atoms with van der Waals surface area (Å²) in [4.78, 5) is 24.3. The molecule has 3 aromatic rings. The van der Waals surface area contributed by atoms with Crippen LogP contribution in [0.15, 0.2) is 53.9 Å². The third-order valence-corrected chi connectivity index (χ3v) is 4.94. The Kier molecular flexibility index (Phi) is 6.12. The zero-order valence-corrected chi connectivity index (χ0v) is 16.3. The Morgan fingerprint density at radius 3 is 2.62 bits per heavy atom. The van der Waals surface area contributed by atoms with E-state index in [9.17, 15) is 14.9 Å². The van der Waals surface area contributed by atoms with Crippen LogP contribution >= 0.6 is 11.3 Å². The first-order valence-corrected chi connectivity index (χ1v) is 9.39. The molecule has 0 spiro atoms. The second-order valence-electron chi connectivity index (χ2n) is 5.91. The molecule has 7 nitrogen and oxygen atoms in total. The third-order valence-electron chi connectivity index (χ3n) is 4.04. The number of nitrogens with one attached hydrogen (secondary N) is 1. The number of nitrogen functional groups attached to an aromatic ring is 1. The summed E-state index contributed by atoms with van der Waals surface area (Å²) in [6.07, 6.45) is 0. The number of anilines is 2. The number of methoxy groups -OCH3 is 1. The SMILES string of the molecule is COc1ccc(C(=O)OCC(=O)Nc2scc(-c3ccccc3)c2C#N)cc1N. The molecule has 0 aliphatic carbocycles. The van der Waals surface area contributed by atoms with Crippen LogP contribution in [0.4, 0.5) is 10.7 Å². The highest BCUT2D eigenvalue weighted by Crippen LogP contribution is 2.34. The Labute approximate surface area is 171 Å². The van der Waals surface area contributed by atoms with E-state index in [0.717, 1.165) is 11.1 Å². The maximum absolute atomic E-state index is 12.2. The van der Waals surface area contributed by atoms with E-state index in [4.69, 9.17) is 15.2 Å². The average molecular weight is 407 g/mol. The van der Waals surface area contributed by atoms with Gasteiger partial charge in [-0.25, -0.2) is 4.79 Å². The Balaban J connectivity index is 1.64. The van der Waals surface area contributed by atoms with Gasteiger partial charge in [0.1, 0.15) is 16.8 Å². The predicted octanol–water partition coefficient (Wildman–Crippen LogP) is 3.67. The minimum atomic E-state index is -0.689. The summed E-state index contributed by atoms with van der Waals surface area (Å²) >= 11 is 1.24. The molecule has 0 saturated heterocycles. The fraction of sp³-hybridized carbons (Fsp3) is 0.0952. The maximum Gasteiger partial charge on any atom is 0.338 e. The Bertz CT molecular complexity index is 1090. The average Bonchev–Trinajstić information content (AvgIpc) is 3.14. The number of nitrogens with zero attached hydrogens (tertiary/aromatic N) is 1. The van der Waals surface area contributed by atoms with Crippen molar-refractivity contribution in [1.29, 1.82) is 5.26 Å². The van der Waals surface area contributed by atoms with E-state index in [-0.39, 0.29) is 11.3 Å². The number of hydrogen-bond donors (Lipinski definition) is 2. The summed E-state index contributed by atoms with van der Waals surface area (Å²) in [6.45, 7) is -0.492. The van der Waals surface area contributed by atoms with Gasteiger partial charge in [-0.1, -0.05) is 30.3 Å². The molecular formula is C21H17N3O4S. The molecule has 0 saturated carbocycles. The van der Waals surface area contributed by atoms with Gasteiger partial charge in [-0.2, -0.15) is 5.26 Å². The molecule has 0 fully saturated rings. The fourth-order valence-electron chi connectivity index (χ4n) is 2.63. The van der Waals surface area contributed by atoms with Gasteiger partial charge in [0.05, 0.1) is 23.9 Å². The van der Waals surface area contributed by atoms with Crippen LogP contribution in [0.1, 0.15) is 15.9 Å². The lowest BCUT2D eigenvalue weighted by Gasteiger charge is -2.08. The minimum absolute atomic E-state index is 0.205. The summed E-state index contributed by atoms with van der Waals surface area (Å²) in [7, 11) is 1.47. The van der Waals surface area contributed by atoms with E-state index in [2.05, 4.69) is 11.4 Å². The van der Waals surface area contributed by atoms with Crippen molar-refractivity contribution in [3.8, 4) is 22.9 Å². The summed E-state index contributed by atoms with van der Waals surface area (Å²) in [5, 5.41) is 14.3. The second kappa shape index (κ2) is 8.91. The van der Waals surface area contributed by atoms with Crippen LogP contribution in [-0.2, 0) is 9.53 Å². The molecule has 0 bridgehead atoms. The van der Waals surface area contributed by atoms with Gasteiger partial charge >= 0.3 is 5.97 Å². The van der Waals surface area contributed by atoms with Crippen LogP contribution in [-0.4, -0.2) is 25.6 Å². The van der Waals surface area contributed by atoms with Gasteiger partial charge in [-0.15, -0.1) is 11.3 Å². The lowest BCUT2D eigenvalue weighted by atomic mass is 10.1. The normalized spacial score (nSPS) is 10.1. The number of thiophene rings is 1. The van der Waals surface area contributed by atoms with Crippen molar-refractivity contribution in [2.45, 2.75) is 0 Å². The molecular weight excluding hydrogens is 390 g/mol. The number of esters is 1. The Hall–Kier alpha value is -3.83. The van der Waals surface area contributed by atoms with Crippen molar-refractivity contribution in [2.24, 2.45) is 0 Å². The van der Waals surface area contributed by atoms with Crippen LogP contribution < -0.4 is 15.8 Å². The van der Waals surface area contributed by atoms with E-state index in [1.807, 2.05) is 30.3 Å². The topological polar surface area (TPSA) is 114 Å². The monoisotopic (exact) mass is 407 g/mol. The fourth-order valence-corrected chi connectivity index (χ4v) is 3.57. The molecule has 1 heterocycles. The van der Waals surface area contributed by atoms with Crippen molar-refractivity contribution in [1.82, 2.24) is 0 Å². The van der Waals surface area contributed by atoms with E-state index >= 15 is 0 Å². The van der Waals surface area contributed by atoms with Crippen LogP contribution in [0.3, 0.4) is 0 Å². The van der Waals surface area contributed by atoms with Crippen molar-refractivity contribution >= 4 is 33.9 Å². The number of carbonyl (C=O) groups excluding carboxylic acids is 2. The van der Waals surface area contributed by atoms with Crippen molar-refractivity contribution in [2.75, 3.05) is 24.8 Å². The highest BCUT2D eigenvalue weighted by molar-refractivity contribution is 7.15. The van der Waals surface area contributed by atoms with Crippen molar-refractivity contribution < 1.29 is 19.1 Å². The molecule has 3 N–H and O–H groups in total. The van der Waals surface area contributed by atoms with Gasteiger partial charge in [-0.3, -0.25) is 4.79 Å². The lowest BCUT2D eigenvalue weighted by molar-refractivity contribution is -0.119. The first kappa shape index (κ1) is 19.9. The first-order chi connectivity index (χ1) is 14.0. The van der Waals surface area contributed by atoms with Crippen molar-refractivity contribution in [3.05, 3.63) is 65.0 Å². The number of ether oxygens (including phenoxy) is 2. The number of benzene rings is 2. The van der Waals surface area contributed by atoms with Gasteiger partial charge in [-0.05, 0) is 23.8 Å². The summed E-state index contributed by atoms with van der Waals surface area (Å²) in [5.74, 6) is -0.792. The zero-order valence-electron chi connectivity index (χ0n) is 15.5. The van der Waals surface area contributed by atoms with Gasteiger partial charge in [0.15, 0.2) is 6.61 Å². The predicted molar refractivity (Wildman–Crippen MR) is 111 cm³/mol. The molecule has 8 heteroatoms. The number of hydrogen-bond acceptors (Lipinski definition) is 7. The van der Waals surface area contributed by atoms with Gasteiger partial charge in [0.25, 0.3) is 5.91 Å². The molecule has 0 atom stereocenters. The second-order valence-corrected chi connectivity index (χ2v) is 6.79. The van der Waals surface area contributed by atoms with Crippen LogP contribution in [0.2, 0.25) is 0 Å². The van der Waals surface area contributed by atoms with Gasteiger partial charge in [0, 0.05) is 10.9 Å². The van der Waals surface area contributed by atoms with Crippen LogP contribution in [0.25, 0.3) is 11.1 Å². The molecule has 2 aromatic carbocycles. The molecule has 3 rings (SSSR count). The van der Waals surface area contributed by atoms with Gasteiger partial charge in [0.2, 0.25) is 0 Å². The summed E-state index contributed by atoms with van der Waals surface area (Å²) < 4.78 is 10.1. The standard InChI is InChI=1S/C21H17N3O4S/c1-27-18-8-7-14(9-17(18)23)21(26)28-11-19(25)24-20-15(10-22)16(12-29-20)13-5-3-2-4-6-13/h2-9,12H,11,23H2,1H3,(H,24,25). The van der Waals surface area contributed by atoms with E-state index in [0.29, 0.717) is 16.3 Å². The lowest BCUT2D eigenvalue weighted by Crippen LogP contribution is -2.21. The largest absolute Gasteiger partial charge is 0.495 e. The molecule has 1 amide bonds. The minimum Gasteiger partial charge on any atom is -0.495 e. The number of amides is 1. The molecule has 1 aromatic heterocycles. The van der Waals surface area contributed by atoms with E-state index in [1.165, 1.54) is 30.6 Å². The Morgan fingerprint density at radius 2 is 1.97 bits per heavy atom. The molecule has 146 valence electrons. The Morgan fingerprint density at radius 1 is 1.21 bits per heavy atom. The highest BCUT2D eigenvalue weighted by Gasteiger charge is 2.17. The number of rotatable bonds is 6. The molecule has 0 unspecified atom stereocenters.